The molecule has 1 atom stereocenters. The third-order valence-corrected chi connectivity index (χ3v) is 1.78. The fraction of sp³-hybridized carbons (Fsp3) is 0.333. The first kappa shape index (κ1) is 9.95. The summed E-state index contributed by atoms with van der Waals surface area (Å²) < 4.78 is 13.1. The van der Waals surface area contributed by atoms with Gasteiger partial charge in [0.15, 0.2) is 0 Å². The van der Waals surface area contributed by atoms with Gasteiger partial charge in [-0.1, -0.05) is 0 Å². The van der Waals surface area contributed by atoms with E-state index in [1.165, 1.54) is 12.1 Å². The van der Waals surface area contributed by atoms with Crippen molar-refractivity contribution in [3.05, 3.63) is 29.6 Å². The van der Waals surface area contributed by atoms with Crippen LogP contribution in [0.5, 0.6) is 5.75 Å². The van der Waals surface area contributed by atoms with Gasteiger partial charge in [0, 0.05) is 11.6 Å². The van der Waals surface area contributed by atoms with Crippen LogP contribution in [-0.4, -0.2) is 16.8 Å². The van der Waals surface area contributed by atoms with Gasteiger partial charge >= 0.3 is 0 Å². The van der Waals surface area contributed by atoms with Crippen LogP contribution in [-0.2, 0) is 0 Å². The second-order valence-electron chi connectivity index (χ2n) is 2.80. The van der Waals surface area contributed by atoms with Gasteiger partial charge in [-0.15, -0.1) is 0 Å². The molecule has 0 heterocycles. The van der Waals surface area contributed by atoms with E-state index in [1.807, 2.05) is 0 Å². The van der Waals surface area contributed by atoms with Gasteiger partial charge in [0.1, 0.15) is 11.6 Å². The van der Waals surface area contributed by atoms with Crippen molar-refractivity contribution in [2.75, 3.05) is 6.54 Å². The third kappa shape index (κ3) is 2.40. The van der Waals surface area contributed by atoms with E-state index in [9.17, 15) is 9.50 Å². The Morgan fingerprint density at radius 3 is 2.69 bits per heavy atom. The second kappa shape index (κ2) is 4.20. The number of hydrogen-bond donors (Lipinski definition) is 3. The molecule has 4 heteroatoms. The molecule has 1 aromatic rings. The Kier molecular flexibility index (Phi) is 3.22. The first-order chi connectivity index (χ1) is 6.15. The molecule has 0 saturated carbocycles. The molecule has 0 radical (unpaired) electrons. The lowest BCUT2D eigenvalue weighted by Crippen LogP contribution is -2.08. The molecule has 1 rings (SSSR count). The topological polar surface area (TPSA) is 66.5 Å². The Balaban J connectivity index is 2.88. The van der Waals surface area contributed by atoms with E-state index in [4.69, 9.17) is 10.8 Å². The highest BCUT2D eigenvalue weighted by Gasteiger charge is 2.11. The monoisotopic (exact) mass is 185 g/mol. The van der Waals surface area contributed by atoms with Crippen LogP contribution in [0.2, 0.25) is 0 Å². The standard InChI is InChI=1S/C9H12FNO2/c10-8-5-6(12)1-2-7(8)9(13)3-4-11/h1-2,5,9,12-13H,3-4,11H2/t9-/m1/s1. The van der Waals surface area contributed by atoms with E-state index in [0.29, 0.717) is 13.0 Å². The Labute approximate surface area is 75.6 Å². The average molecular weight is 185 g/mol. The number of hydrogen-bond acceptors (Lipinski definition) is 3. The first-order valence-electron chi connectivity index (χ1n) is 4.01. The first-order valence-corrected chi connectivity index (χ1v) is 4.01. The molecular weight excluding hydrogens is 173 g/mol. The van der Waals surface area contributed by atoms with Gasteiger partial charge in [0.05, 0.1) is 6.10 Å². The number of nitrogens with two attached hydrogens (primary N) is 1. The quantitative estimate of drug-likeness (QED) is 0.655. The zero-order valence-corrected chi connectivity index (χ0v) is 7.07. The minimum atomic E-state index is -0.898. The number of phenolic OH excluding ortho intramolecular Hbond substituents is 1. The van der Waals surface area contributed by atoms with Crippen LogP contribution in [0, 0.1) is 5.82 Å². The van der Waals surface area contributed by atoms with Crippen LogP contribution in [0.1, 0.15) is 18.1 Å². The average Bonchev–Trinajstić information content (AvgIpc) is 2.04. The maximum absolute atomic E-state index is 13.1. The van der Waals surface area contributed by atoms with Gasteiger partial charge in [0.25, 0.3) is 0 Å². The third-order valence-electron chi connectivity index (χ3n) is 1.78. The normalized spacial score (nSPS) is 12.8. The smallest absolute Gasteiger partial charge is 0.132 e. The van der Waals surface area contributed by atoms with Crippen LogP contribution in [0.4, 0.5) is 4.39 Å². The second-order valence-corrected chi connectivity index (χ2v) is 2.80. The van der Waals surface area contributed by atoms with Crippen molar-refractivity contribution >= 4 is 0 Å². The molecule has 0 aromatic heterocycles. The van der Waals surface area contributed by atoms with Crippen molar-refractivity contribution < 1.29 is 14.6 Å². The Hall–Kier alpha value is -1.13. The summed E-state index contributed by atoms with van der Waals surface area (Å²) in [5.74, 6) is -0.762. The summed E-state index contributed by atoms with van der Waals surface area (Å²) in [6, 6.07) is 3.65. The minimum Gasteiger partial charge on any atom is -0.508 e. The van der Waals surface area contributed by atoms with E-state index in [2.05, 4.69) is 0 Å². The highest BCUT2D eigenvalue weighted by molar-refractivity contribution is 5.29. The molecule has 0 aliphatic rings. The molecule has 72 valence electrons. The molecule has 0 aliphatic heterocycles. The lowest BCUT2D eigenvalue weighted by atomic mass is 10.1. The fourth-order valence-electron chi connectivity index (χ4n) is 1.10. The van der Waals surface area contributed by atoms with Gasteiger partial charge in [-0.2, -0.15) is 0 Å². The summed E-state index contributed by atoms with van der Waals surface area (Å²) in [5, 5.41) is 18.3. The number of rotatable bonds is 3. The van der Waals surface area contributed by atoms with E-state index in [-0.39, 0.29) is 11.3 Å². The molecule has 0 saturated heterocycles. The molecule has 3 nitrogen and oxygen atoms in total. The summed E-state index contributed by atoms with van der Waals surface area (Å²) >= 11 is 0. The molecular formula is C9H12FNO2. The Morgan fingerprint density at radius 2 is 2.15 bits per heavy atom. The molecule has 0 amide bonds. The van der Waals surface area contributed by atoms with Gasteiger partial charge in [-0.3, -0.25) is 0 Å². The highest BCUT2D eigenvalue weighted by Crippen LogP contribution is 2.22. The van der Waals surface area contributed by atoms with Crippen molar-refractivity contribution in [1.29, 1.82) is 0 Å². The van der Waals surface area contributed by atoms with Crippen molar-refractivity contribution in [3.63, 3.8) is 0 Å². The van der Waals surface area contributed by atoms with Crippen molar-refractivity contribution in [1.82, 2.24) is 0 Å². The molecule has 4 N–H and O–H groups in total. The number of benzene rings is 1. The number of halogens is 1. The number of phenols is 1. The number of aromatic hydroxyl groups is 1. The highest BCUT2D eigenvalue weighted by atomic mass is 19.1. The van der Waals surface area contributed by atoms with Gasteiger partial charge in [-0.25, -0.2) is 4.39 Å². The van der Waals surface area contributed by atoms with Crippen LogP contribution in [0.15, 0.2) is 18.2 Å². The molecule has 0 fully saturated rings. The molecule has 0 bridgehead atoms. The van der Waals surface area contributed by atoms with Crippen LogP contribution in [0.25, 0.3) is 0 Å². The van der Waals surface area contributed by atoms with Crippen LogP contribution in [0.3, 0.4) is 0 Å². The molecule has 0 spiro atoms. The van der Waals surface area contributed by atoms with E-state index < -0.39 is 11.9 Å². The minimum absolute atomic E-state index is 0.152. The zero-order valence-electron chi connectivity index (χ0n) is 7.07. The Bertz CT molecular complexity index is 291. The van der Waals surface area contributed by atoms with Gasteiger partial charge in [-0.05, 0) is 25.1 Å². The molecule has 13 heavy (non-hydrogen) atoms. The van der Waals surface area contributed by atoms with E-state index in [1.54, 1.807) is 0 Å². The van der Waals surface area contributed by atoms with Crippen LogP contribution < -0.4 is 5.73 Å². The lowest BCUT2D eigenvalue weighted by molar-refractivity contribution is 0.165. The van der Waals surface area contributed by atoms with Crippen molar-refractivity contribution in [2.24, 2.45) is 5.73 Å². The summed E-state index contributed by atoms with van der Waals surface area (Å²) in [6.07, 6.45) is -0.590. The van der Waals surface area contributed by atoms with Gasteiger partial charge in [0.2, 0.25) is 0 Å². The molecule has 1 aromatic carbocycles. The number of aliphatic hydroxyl groups is 1. The fourth-order valence-corrected chi connectivity index (χ4v) is 1.10. The van der Waals surface area contributed by atoms with Crippen LogP contribution >= 0.6 is 0 Å². The van der Waals surface area contributed by atoms with E-state index in [0.717, 1.165) is 6.07 Å². The van der Waals surface area contributed by atoms with Gasteiger partial charge < -0.3 is 15.9 Å². The van der Waals surface area contributed by atoms with E-state index >= 15 is 0 Å². The summed E-state index contributed by atoms with van der Waals surface area (Å²) in [5.41, 5.74) is 5.38. The zero-order chi connectivity index (χ0) is 9.84. The predicted octanol–water partition coefficient (Wildman–Crippen LogP) is 0.914. The maximum atomic E-state index is 13.1. The van der Waals surface area contributed by atoms with Crippen molar-refractivity contribution in [2.45, 2.75) is 12.5 Å². The predicted molar refractivity (Wildman–Crippen MR) is 46.7 cm³/mol. The number of aliphatic hydroxyl groups excluding tert-OH is 1. The van der Waals surface area contributed by atoms with Crippen molar-refractivity contribution in [3.8, 4) is 5.75 Å². The largest absolute Gasteiger partial charge is 0.508 e. The SMILES string of the molecule is NCC[C@@H](O)c1ccc(O)cc1F. The Morgan fingerprint density at radius 1 is 1.46 bits per heavy atom. The summed E-state index contributed by atoms with van der Waals surface area (Å²) in [7, 11) is 0. The molecule has 0 unspecified atom stereocenters. The summed E-state index contributed by atoms with van der Waals surface area (Å²) in [6.45, 7) is 0.293. The summed E-state index contributed by atoms with van der Waals surface area (Å²) in [4.78, 5) is 0. The molecule has 0 aliphatic carbocycles. The lowest BCUT2D eigenvalue weighted by Gasteiger charge is -2.10. The maximum Gasteiger partial charge on any atom is 0.132 e.